The maximum atomic E-state index is 5.32. The summed E-state index contributed by atoms with van der Waals surface area (Å²) in [6.07, 6.45) is 0. The molecule has 0 aliphatic carbocycles. The Morgan fingerprint density at radius 2 is 0.862 bits per heavy atom. The molecule has 3 heteroatoms. The van der Waals surface area contributed by atoms with Gasteiger partial charge in [0, 0.05) is 33.2 Å². The lowest BCUT2D eigenvalue weighted by atomic mass is 9.83. The van der Waals surface area contributed by atoms with Crippen molar-refractivity contribution in [3.63, 3.8) is 0 Å². The van der Waals surface area contributed by atoms with Crippen LogP contribution in [0, 0.1) is 0 Å². The van der Waals surface area contributed by atoms with E-state index in [4.69, 9.17) is 9.97 Å². The smallest absolute Gasteiger partial charge is 0.160 e. The second kappa shape index (κ2) is 15.0. The van der Waals surface area contributed by atoms with Crippen LogP contribution in [0.15, 0.2) is 237 Å². The van der Waals surface area contributed by atoms with Crippen LogP contribution in [0.3, 0.4) is 0 Å². The third kappa shape index (κ3) is 6.05. The summed E-state index contributed by atoms with van der Waals surface area (Å²) in [5.74, 6) is 0.697. The summed E-state index contributed by atoms with van der Waals surface area (Å²) >= 11 is 0. The van der Waals surface area contributed by atoms with Gasteiger partial charge in [0.05, 0.1) is 22.4 Å². The Kier molecular flexibility index (Phi) is 8.53. The fourth-order valence-electron chi connectivity index (χ4n) is 10.3. The molecule has 0 bridgehead atoms. The zero-order chi connectivity index (χ0) is 42.8. The second-order valence-corrected chi connectivity index (χ2v) is 16.9. The highest BCUT2D eigenvalue weighted by Crippen LogP contribution is 2.47. The highest BCUT2D eigenvalue weighted by molar-refractivity contribution is 6.28. The monoisotopic (exact) mass is 825 g/mol. The highest BCUT2D eigenvalue weighted by atomic mass is 15.0. The van der Waals surface area contributed by atoms with Crippen LogP contribution in [-0.4, -0.2) is 14.5 Å². The summed E-state index contributed by atoms with van der Waals surface area (Å²) in [6, 6.07) is 85.2. The Hall–Kier alpha value is -8.66. The van der Waals surface area contributed by atoms with Gasteiger partial charge in [0.1, 0.15) is 0 Å². The molecule has 0 aliphatic rings. The summed E-state index contributed by atoms with van der Waals surface area (Å²) in [7, 11) is 0. The summed E-state index contributed by atoms with van der Waals surface area (Å²) < 4.78 is 2.36. The molecule has 0 spiro atoms. The molecule has 0 saturated carbocycles. The van der Waals surface area contributed by atoms with Gasteiger partial charge in [-0.1, -0.05) is 194 Å². The Bertz CT molecular complexity index is 3980. The molecule has 0 unspecified atom stereocenters. The molecule has 0 atom stereocenters. The number of fused-ring (bicyclic) bond motifs is 8. The highest BCUT2D eigenvalue weighted by Gasteiger charge is 2.21. The number of benzene rings is 11. The van der Waals surface area contributed by atoms with Gasteiger partial charge in [-0.3, -0.25) is 0 Å². The fraction of sp³-hybridized carbons (Fsp3) is 0. The first-order chi connectivity index (χ1) is 32.2. The first kappa shape index (κ1) is 36.9. The molecular formula is C62H39N3. The van der Waals surface area contributed by atoms with E-state index >= 15 is 0 Å². The molecule has 0 radical (unpaired) electrons. The lowest BCUT2D eigenvalue weighted by Crippen LogP contribution is -1.97. The van der Waals surface area contributed by atoms with Gasteiger partial charge in [-0.2, -0.15) is 0 Å². The number of rotatable bonds is 6. The van der Waals surface area contributed by atoms with Crippen LogP contribution in [0.5, 0.6) is 0 Å². The summed E-state index contributed by atoms with van der Waals surface area (Å²) in [5, 5.41) is 12.2. The van der Waals surface area contributed by atoms with Gasteiger partial charge in [-0.05, 0) is 108 Å². The average Bonchev–Trinajstić information content (AvgIpc) is 3.73. The largest absolute Gasteiger partial charge is 0.309 e. The fourth-order valence-corrected chi connectivity index (χ4v) is 10.3. The molecule has 65 heavy (non-hydrogen) atoms. The van der Waals surface area contributed by atoms with Gasteiger partial charge in [-0.25, -0.2) is 9.97 Å². The molecule has 13 rings (SSSR count). The zero-order valence-corrected chi connectivity index (χ0v) is 35.4. The maximum absolute atomic E-state index is 5.32. The first-order valence-corrected chi connectivity index (χ1v) is 22.2. The first-order valence-electron chi connectivity index (χ1n) is 22.2. The topological polar surface area (TPSA) is 30.7 Å². The van der Waals surface area contributed by atoms with Crippen LogP contribution in [-0.2, 0) is 0 Å². The van der Waals surface area contributed by atoms with Crippen molar-refractivity contribution in [2.24, 2.45) is 0 Å². The van der Waals surface area contributed by atoms with E-state index in [0.717, 1.165) is 50.2 Å². The molecular weight excluding hydrogens is 787 g/mol. The van der Waals surface area contributed by atoms with Crippen LogP contribution in [0.4, 0.5) is 0 Å². The number of hydrogen-bond acceptors (Lipinski definition) is 2. The Labute approximate surface area is 376 Å². The predicted octanol–water partition coefficient (Wildman–Crippen LogP) is 16.5. The average molecular weight is 826 g/mol. The van der Waals surface area contributed by atoms with Crippen LogP contribution in [0.1, 0.15) is 0 Å². The van der Waals surface area contributed by atoms with E-state index in [1.165, 1.54) is 70.7 Å². The molecule has 0 saturated heterocycles. The van der Waals surface area contributed by atoms with E-state index in [1.54, 1.807) is 0 Å². The van der Waals surface area contributed by atoms with Crippen molar-refractivity contribution in [1.82, 2.24) is 14.5 Å². The molecule has 11 aromatic carbocycles. The molecule has 2 heterocycles. The minimum absolute atomic E-state index is 0.697. The zero-order valence-electron chi connectivity index (χ0n) is 35.4. The molecule has 0 amide bonds. The number of para-hydroxylation sites is 2. The Balaban J connectivity index is 0.998. The van der Waals surface area contributed by atoms with Crippen molar-refractivity contribution in [3.05, 3.63) is 237 Å². The molecule has 13 aromatic rings. The standard InChI is InChI=1S/C62H39N3/c1-4-18-41(19-5-1)58-49-25-12-13-26-50(49)59(61-48-24-11-10-17-40(48)35-36-53(58)61)46-34-32-43-37-45(33-31-44(43)38-46)54-39-55(64-62(63-54)42-20-6-2-7-21-42)51-28-16-30-57-60(51)52-27-14-15-29-56(52)65(57)47-22-8-3-9-23-47/h1-39H. The van der Waals surface area contributed by atoms with E-state index < -0.39 is 0 Å². The molecule has 302 valence electrons. The predicted molar refractivity (Wildman–Crippen MR) is 274 cm³/mol. The third-order valence-corrected chi connectivity index (χ3v) is 13.1. The number of nitrogens with zero attached hydrogens (tertiary/aromatic N) is 3. The van der Waals surface area contributed by atoms with Crippen molar-refractivity contribution >= 4 is 64.9 Å². The van der Waals surface area contributed by atoms with Crippen molar-refractivity contribution in [3.8, 4) is 61.8 Å². The van der Waals surface area contributed by atoms with Crippen LogP contribution in [0.25, 0.3) is 127 Å². The normalized spacial score (nSPS) is 11.7. The molecule has 3 nitrogen and oxygen atoms in total. The van der Waals surface area contributed by atoms with Gasteiger partial charge < -0.3 is 4.57 Å². The van der Waals surface area contributed by atoms with Crippen molar-refractivity contribution in [1.29, 1.82) is 0 Å². The van der Waals surface area contributed by atoms with Gasteiger partial charge in [0.15, 0.2) is 5.82 Å². The Morgan fingerprint density at radius 3 is 1.63 bits per heavy atom. The number of aromatic nitrogens is 3. The van der Waals surface area contributed by atoms with Gasteiger partial charge in [-0.15, -0.1) is 0 Å². The van der Waals surface area contributed by atoms with Crippen molar-refractivity contribution in [2.45, 2.75) is 0 Å². The minimum Gasteiger partial charge on any atom is -0.309 e. The third-order valence-electron chi connectivity index (χ3n) is 13.1. The SMILES string of the molecule is c1ccc(-c2nc(-c3ccc4cc(-c5c6ccccc6c(-c6ccccc6)c6ccc7ccccc7c56)ccc4c3)cc(-c3cccc4c3c3ccccc3n4-c3ccccc3)n2)cc1. The molecule has 0 aliphatic heterocycles. The Morgan fingerprint density at radius 1 is 0.292 bits per heavy atom. The van der Waals surface area contributed by atoms with Crippen molar-refractivity contribution in [2.75, 3.05) is 0 Å². The molecule has 2 aromatic heterocycles. The van der Waals surface area contributed by atoms with Gasteiger partial charge in [0.25, 0.3) is 0 Å². The van der Waals surface area contributed by atoms with Gasteiger partial charge in [0.2, 0.25) is 0 Å². The summed E-state index contributed by atoms with van der Waals surface area (Å²) in [5.41, 5.74) is 13.2. The minimum atomic E-state index is 0.697. The second-order valence-electron chi connectivity index (χ2n) is 16.9. The molecule has 0 fully saturated rings. The quantitative estimate of drug-likeness (QED) is 0.123. The van der Waals surface area contributed by atoms with Crippen LogP contribution in [0.2, 0.25) is 0 Å². The molecule has 0 N–H and O–H groups in total. The lowest BCUT2D eigenvalue weighted by Gasteiger charge is -2.19. The lowest BCUT2D eigenvalue weighted by molar-refractivity contribution is 1.18. The van der Waals surface area contributed by atoms with E-state index in [9.17, 15) is 0 Å². The van der Waals surface area contributed by atoms with E-state index in [2.05, 4.69) is 235 Å². The summed E-state index contributed by atoms with van der Waals surface area (Å²) in [4.78, 5) is 10.6. The van der Waals surface area contributed by atoms with E-state index in [1.807, 2.05) is 6.07 Å². The maximum Gasteiger partial charge on any atom is 0.160 e. The number of hydrogen-bond donors (Lipinski definition) is 0. The van der Waals surface area contributed by atoms with Crippen LogP contribution < -0.4 is 0 Å². The van der Waals surface area contributed by atoms with Crippen LogP contribution >= 0.6 is 0 Å². The van der Waals surface area contributed by atoms with E-state index in [0.29, 0.717) is 5.82 Å². The van der Waals surface area contributed by atoms with Crippen molar-refractivity contribution < 1.29 is 0 Å². The van der Waals surface area contributed by atoms with E-state index in [-0.39, 0.29) is 0 Å². The van der Waals surface area contributed by atoms with Gasteiger partial charge >= 0.3 is 0 Å². The summed E-state index contributed by atoms with van der Waals surface area (Å²) in [6.45, 7) is 0.